The first-order valence-electron chi connectivity index (χ1n) is 8.59. The van der Waals surface area contributed by atoms with Gasteiger partial charge in [0.2, 0.25) is 0 Å². The topological polar surface area (TPSA) is 29.5 Å². The number of unbranched alkanes of at least 4 members (excludes halogenated alkanes) is 2. The van der Waals surface area contributed by atoms with Gasteiger partial charge in [-0.25, -0.2) is 0 Å². The maximum atomic E-state index is 10.7. The largest absolute Gasteiger partial charge is 0.507 e. The molecule has 0 unspecified atom stereocenters. The van der Waals surface area contributed by atoms with Crippen LogP contribution in [0, 0.1) is 6.92 Å². The summed E-state index contributed by atoms with van der Waals surface area (Å²) in [7, 11) is 0. The van der Waals surface area contributed by atoms with Gasteiger partial charge in [0, 0.05) is 5.56 Å². The summed E-state index contributed by atoms with van der Waals surface area (Å²) in [6.07, 6.45) is 4.55. The molecule has 2 nitrogen and oxygen atoms in total. The number of fused-ring (bicyclic) bond motifs is 3. The molecule has 0 amide bonds. The summed E-state index contributed by atoms with van der Waals surface area (Å²) >= 11 is 0. The highest BCUT2D eigenvalue weighted by molar-refractivity contribution is 5.84. The smallest absolute Gasteiger partial charge is 0.132 e. The molecule has 23 heavy (non-hydrogen) atoms. The van der Waals surface area contributed by atoms with Crippen LogP contribution >= 0.6 is 0 Å². The lowest BCUT2D eigenvalue weighted by Gasteiger charge is -2.36. The van der Waals surface area contributed by atoms with Gasteiger partial charge >= 0.3 is 0 Å². The van der Waals surface area contributed by atoms with Crippen LogP contribution in [-0.2, 0) is 12.0 Å². The summed E-state index contributed by atoms with van der Waals surface area (Å²) in [5, 5.41) is 10.7. The summed E-state index contributed by atoms with van der Waals surface area (Å²) in [5.74, 6) is 1.14. The van der Waals surface area contributed by atoms with E-state index in [1.165, 1.54) is 18.4 Å². The molecule has 0 saturated carbocycles. The molecule has 0 radical (unpaired) electrons. The number of ether oxygens (including phenoxy) is 1. The molecule has 1 N–H and O–H groups in total. The van der Waals surface area contributed by atoms with E-state index < -0.39 is 0 Å². The average Bonchev–Trinajstić information content (AvgIpc) is 2.47. The second-order valence-electron chi connectivity index (χ2n) is 7.06. The fourth-order valence-corrected chi connectivity index (χ4v) is 3.54. The number of aromatic hydroxyl groups is 1. The summed E-state index contributed by atoms with van der Waals surface area (Å²) < 4.78 is 6.27. The molecule has 0 spiro atoms. The maximum absolute atomic E-state index is 10.7. The fourth-order valence-electron chi connectivity index (χ4n) is 3.54. The monoisotopic (exact) mass is 310 g/mol. The zero-order chi connectivity index (χ0) is 16.6. The third-order valence-corrected chi connectivity index (χ3v) is 4.75. The van der Waals surface area contributed by atoms with Crippen LogP contribution in [-0.4, -0.2) is 5.11 Å². The van der Waals surface area contributed by atoms with Gasteiger partial charge in [0.05, 0.1) is 5.56 Å². The number of rotatable bonds is 4. The van der Waals surface area contributed by atoms with Gasteiger partial charge in [0.15, 0.2) is 0 Å². The van der Waals surface area contributed by atoms with Crippen molar-refractivity contribution in [2.75, 3.05) is 0 Å². The molecule has 3 rings (SSSR count). The molecule has 1 aliphatic rings. The van der Waals surface area contributed by atoms with Crippen molar-refractivity contribution in [1.29, 1.82) is 0 Å². The number of phenolic OH excluding ortho intramolecular Hbond substituents is 1. The standard InChI is InChI=1S/C21H26O2/c1-5-6-7-10-15-12-17(22)20-18(13-15)23-21(3,4)16-11-8-9-14(2)19(16)20/h8-9,11-13,22H,5-7,10H2,1-4H3. The van der Waals surface area contributed by atoms with E-state index >= 15 is 0 Å². The number of phenols is 1. The quantitative estimate of drug-likeness (QED) is 0.731. The third-order valence-electron chi connectivity index (χ3n) is 4.75. The lowest BCUT2D eigenvalue weighted by Crippen LogP contribution is -2.29. The van der Waals surface area contributed by atoms with Crippen molar-refractivity contribution in [3.8, 4) is 22.6 Å². The summed E-state index contributed by atoms with van der Waals surface area (Å²) in [6, 6.07) is 10.3. The van der Waals surface area contributed by atoms with E-state index in [2.05, 4.69) is 52.0 Å². The third kappa shape index (κ3) is 2.83. The molecule has 2 aromatic rings. The van der Waals surface area contributed by atoms with Crippen LogP contribution in [0.5, 0.6) is 11.5 Å². The van der Waals surface area contributed by atoms with Gasteiger partial charge in [-0.05, 0) is 62.4 Å². The Labute approximate surface area is 139 Å². The maximum Gasteiger partial charge on any atom is 0.132 e. The Balaban J connectivity index is 2.11. The molecule has 0 fully saturated rings. The predicted octanol–water partition coefficient (Wildman–Crippen LogP) is 5.73. The molecule has 0 atom stereocenters. The Bertz CT molecular complexity index is 729. The van der Waals surface area contributed by atoms with Gasteiger partial charge in [0.25, 0.3) is 0 Å². The summed E-state index contributed by atoms with van der Waals surface area (Å²) in [5.41, 5.74) is 5.05. The minimum absolute atomic E-state index is 0.333. The van der Waals surface area contributed by atoms with E-state index in [4.69, 9.17) is 4.74 Å². The van der Waals surface area contributed by atoms with E-state index in [9.17, 15) is 5.11 Å². The van der Waals surface area contributed by atoms with Gasteiger partial charge in [-0.1, -0.05) is 38.0 Å². The minimum Gasteiger partial charge on any atom is -0.507 e. The van der Waals surface area contributed by atoms with Crippen molar-refractivity contribution < 1.29 is 9.84 Å². The van der Waals surface area contributed by atoms with Crippen LogP contribution in [0.3, 0.4) is 0 Å². The number of benzene rings is 2. The fraction of sp³-hybridized carbons (Fsp3) is 0.429. The van der Waals surface area contributed by atoms with Crippen LogP contribution in [0.4, 0.5) is 0 Å². The first-order valence-corrected chi connectivity index (χ1v) is 8.59. The molecule has 0 saturated heterocycles. The zero-order valence-electron chi connectivity index (χ0n) is 14.6. The lowest BCUT2D eigenvalue weighted by atomic mass is 9.83. The van der Waals surface area contributed by atoms with Gasteiger partial charge in [0.1, 0.15) is 17.1 Å². The summed E-state index contributed by atoms with van der Waals surface area (Å²) in [6.45, 7) is 8.48. The van der Waals surface area contributed by atoms with Crippen LogP contribution in [0.15, 0.2) is 30.3 Å². The van der Waals surface area contributed by atoms with Crippen molar-refractivity contribution in [2.45, 2.75) is 59.0 Å². The number of hydrogen-bond acceptors (Lipinski definition) is 2. The second kappa shape index (κ2) is 5.92. The van der Waals surface area contributed by atoms with E-state index in [-0.39, 0.29) is 5.60 Å². The van der Waals surface area contributed by atoms with Gasteiger partial charge < -0.3 is 9.84 Å². The molecule has 122 valence electrons. The van der Waals surface area contributed by atoms with Crippen molar-refractivity contribution in [1.82, 2.24) is 0 Å². The lowest BCUT2D eigenvalue weighted by molar-refractivity contribution is 0.105. The molecule has 2 heteroatoms. The SMILES string of the molecule is CCCCCc1cc(O)c2c(c1)OC(C)(C)c1cccc(C)c1-2. The molecule has 0 aliphatic carbocycles. The van der Waals surface area contributed by atoms with E-state index in [0.29, 0.717) is 5.75 Å². The highest BCUT2D eigenvalue weighted by Gasteiger charge is 2.34. The van der Waals surface area contributed by atoms with Crippen molar-refractivity contribution >= 4 is 0 Å². The first kappa shape index (κ1) is 15.9. The Morgan fingerprint density at radius 3 is 2.61 bits per heavy atom. The highest BCUT2D eigenvalue weighted by Crippen LogP contribution is 2.50. The molecular weight excluding hydrogens is 284 g/mol. The minimum atomic E-state index is -0.386. The van der Waals surface area contributed by atoms with Gasteiger partial charge in [-0.3, -0.25) is 0 Å². The molecule has 2 aromatic carbocycles. The van der Waals surface area contributed by atoms with Gasteiger partial charge in [-0.2, -0.15) is 0 Å². The van der Waals surface area contributed by atoms with Gasteiger partial charge in [-0.15, -0.1) is 0 Å². The Kier molecular flexibility index (Phi) is 4.09. The molecule has 0 bridgehead atoms. The second-order valence-corrected chi connectivity index (χ2v) is 7.06. The Morgan fingerprint density at radius 2 is 1.87 bits per heavy atom. The van der Waals surface area contributed by atoms with Crippen molar-refractivity contribution in [3.63, 3.8) is 0 Å². The highest BCUT2D eigenvalue weighted by atomic mass is 16.5. The van der Waals surface area contributed by atoms with Crippen molar-refractivity contribution in [2.24, 2.45) is 0 Å². The van der Waals surface area contributed by atoms with Crippen LogP contribution < -0.4 is 4.74 Å². The molecule has 1 heterocycles. The number of aryl methyl sites for hydroxylation is 2. The summed E-state index contributed by atoms with van der Waals surface area (Å²) in [4.78, 5) is 0. The molecular formula is C21H26O2. The van der Waals surface area contributed by atoms with E-state index in [0.717, 1.165) is 40.8 Å². The van der Waals surface area contributed by atoms with E-state index in [1.807, 2.05) is 6.07 Å². The molecule has 0 aromatic heterocycles. The predicted molar refractivity (Wildman–Crippen MR) is 95.2 cm³/mol. The number of hydrogen-bond donors (Lipinski definition) is 1. The Morgan fingerprint density at radius 1 is 1.09 bits per heavy atom. The normalized spacial score (nSPS) is 14.8. The first-order chi connectivity index (χ1) is 10.9. The van der Waals surface area contributed by atoms with Crippen LogP contribution in [0.1, 0.15) is 56.7 Å². The zero-order valence-corrected chi connectivity index (χ0v) is 14.6. The van der Waals surface area contributed by atoms with E-state index in [1.54, 1.807) is 0 Å². The van der Waals surface area contributed by atoms with Crippen molar-refractivity contribution in [3.05, 3.63) is 47.0 Å². The van der Waals surface area contributed by atoms with Crippen LogP contribution in [0.2, 0.25) is 0 Å². The van der Waals surface area contributed by atoms with Crippen LogP contribution in [0.25, 0.3) is 11.1 Å². The molecule has 1 aliphatic heterocycles. The Hall–Kier alpha value is -1.96. The average molecular weight is 310 g/mol.